The van der Waals surface area contributed by atoms with Crippen molar-refractivity contribution < 1.29 is 0 Å². The standard InChI is InChI=1S/C14H19BrN4S/c1-10(2)19-14(17-9-18-19)7-11(16)8-20-13-6-4-3-5-12(13)15/h3-6,9-11H,7-8,16H2,1-2H3. The number of aromatic nitrogens is 3. The lowest BCUT2D eigenvalue weighted by Crippen LogP contribution is -2.27. The number of halogens is 1. The van der Waals surface area contributed by atoms with Crippen LogP contribution < -0.4 is 5.73 Å². The normalized spacial score (nSPS) is 12.8. The molecule has 0 aliphatic carbocycles. The molecule has 1 aromatic carbocycles. The summed E-state index contributed by atoms with van der Waals surface area (Å²) in [6, 6.07) is 8.57. The van der Waals surface area contributed by atoms with Crippen LogP contribution >= 0.6 is 27.7 Å². The third-order valence-electron chi connectivity index (χ3n) is 2.87. The van der Waals surface area contributed by atoms with Gasteiger partial charge in [-0.25, -0.2) is 9.67 Å². The fourth-order valence-electron chi connectivity index (χ4n) is 1.90. The summed E-state index contributed by atoms with van der Waals surface area (Å²) in [7, 11) is 0. The molecule has 0 saturated heterocycles. The van der Waals surface area contributed by atoms with Gasteiger partial charge in [-0.1, -0.05) is 12.1 Å². The summed E-state index contributed by atoms with van der Waals surface area (Å²) in [6.07, 6.45) is 2.35. The van der Waals surface area contributed by atoms with E-state index in [2.05, 4.69) is 45.9 Å². The SMILES string of the molecule is CC(C)n1ncnc1CC(N)CSc1ccccc1Br. The molecule has 0 bridgehead atoms. The summed E-state index contributed by atoms with van der Waals surface area (Å²) in [5.74, 6) is 1.81. The number of rotatable bonds is 6. The maximum atomic E-state index is 6.21. The van der Waals surface area contributed by atoms with E-state index in [9.17, 15) is 0 Å². The topological polar surface area (TPSA) is 56.7 Å². The van der Waals surface area contributed by atoms with Crippen LogP contribution in [0, 0.1) is 0 Å². The number of benzene rings is 1. The molecule has 0 aliphatic heterocycles. The van der Waals surface area contributed by atoms with Crippen molar-refractivity contribution in [2.45, 2.75) is 37.2 Å². The van der Waals surface area contributed by atoms with Gasteiger partial charge in [0.15, 0.2) is 0 Å². The van der Waals surface area contributed by atoms with Crippen LogP contribution in [-0.4, -0.2) is 26.6 Å². The molecule has 0 radical (unpaired) electrons. The summed E-state index contributed by atoms with van der Waals surface area (Å²) >= 11 is 5.31. The van der Waals surface area contributed by atoms with Crippen molar-refractivity contribution >= 4 is 27.7 Å². The Bertz CT molecular complexity index is 556. The largest absolute Gasteiger partial charge is 0.327 e. The van der Waals surface area contributed by atoms with Gasteiger partial charge in [-0.3, -0.25) is 0 Å². The van der Waals surface area contributed by atoms with E-state index in [1.54, 1.807) is 18.1 Å². The van der Waals surface area contributed by atoms with Crippen LogP contribution in [0.3, 0.4) is 0 Å². The zero-order valence-corrected chi connectivity index (χ0v) is 14.1. The number of thioether (sulfide) groups is 1. The van der Waals surface area contributed by atoms with Crippen molar-refractivity contribution in [2.75, 3.05) is 5.75 Å². The molecule has 1 unspecified atom stereocenters. The lowest BCUT2D eigenvalue weighted by atomic mass is 10.2. The summed E-state index contributed by atoms with van der Waals surface area (Å²) in [6.45, 7) is 4.19. The summed E-state index contributed by atoms with van der Waals surface area (Å²) in [5.41, 5.74) is 6.21. The summed E-state index contributed by atoms with van der Waals surface area (Å²) in [4.78, 5) is 5.52. The molecule has 2 rings (SSSR count). The van der Waals surface area contributed by atoms with Gasteiger partial charge in [0.25, 0.3) is 0 Å². The number of nitrogens with two attached hydrogens (primary N) is 1. The molecule has 0 fully saturated rings. The van der Waals surface area contributed by atoms with E-state index < -0.39 is 0 Å². The lowest BCUT2D eigenvalue weighted by molar-refractivity contribution is 0.496. The van der Waals surface area contributed by atoms with E-state index in [1.165, 1.54) is 4.90 Å². The van der Waals surface area contributed by atoms with Crippen molar-refractivity contribution in [3.63, 3.8) is 0 Å². The molecule has 0 spiro atoms. The van der Waals surface area contributed by atoms with Gasteiger partial charge in [0.1, 0.15) is 12.2 Å². The molecule has 20 heavy (non-hydrogen) atoms. The van der Waals surface area contributed by atoms with Gasteiger partial charge >= 0.3 is 0 Å². The highest BCUT2D eigenvalue weighted by atomic mass is 79.9. The second kappa shape index (κ2) is 7.24. The van der Waals surface area contributed by atoms with Crippen LogP contribution in [0.4, 0.5) is 0 Å². The maximum Gasteiger partial charge on any atom is 0.138 e. The van der Waals surface area contributed by atoms with Gasteiger partial charge in [-0.2, -0.15) is 5.10 Å². The van der Waals surface area contributed by atoms with Gasteiger partial charge in [0, 0.05) is 33.6 Å². The smallest absolute Gasteiger partial charge is 0.138 e. The van der Waals surface area contributed by atoms with Gasteiger partial charge in [-0.15, -0.1) is 11.8 Å². The lowest BCUT2D eigenvalue weighted by Gasteiger charge is -2.14. The van der Waals surface area contributed by atoms with Crippen molar-refractivity contribution in [1.82, 2.24) is 14.8 Å². The first-order valence-electron chi connectivity index (χ1n) is 6.59. The average molecular weight is 355 g/mol. The molecule has 2 N–H and O–H groups in total. The minimum Gasteiger partial charge on any atom is -0.327 e. The molecule has 0 saturated carbocycles. The van der Waals surface area contributed by atoms with Crippen LogP contribution in [0.5, 0.6) is 0 Å². The Morgan fingerprint density at radius 1 is 1.35 bits per heavy atom. The van der Waals surface area contributed by atoms with Crippen molar-refractivity contribution in [3.05, 3.63) is 40.9 Å². The predicted octanol–water partition coefficient (Wildman–Crippen LogP) is 3.28. The molecule has 2 aromatic rings. The highest BCUT2D eigenvalue weighted by molar-refractivity contribution is 9.10. The molecule has 4 nitrogen and oxygen atoms in total. The molecular weight excluding hydrogens is 336 g/mol. The Balaban J connectivity index is 1.91. The highest BCUT2D eigenvalue weighted by Gasteiger charge is 2.13. The van der Waals surface area contributed by atoms with Gasteiger partial charge in [0.2, 0.25) is 0 Å². The first-order chi connectivity index (χ1) is 9.58. The quantitative estimate of drug-likeness (QED) is 0.808. The van der Waals surface area contributed by atoms with E-state index >= 15 is 0 Å². The van der Waals surface area contributed by atoms with Gasteiger partial charge in [-0.05, 0) is 41.9 Å². The molecule has 1 aromatic heterocycles. The molecule has 0 aliphatic rings. The second-order valence-corrected chi connectivity index (χ2v) is 6.84. The monoisotopic (exact) mass is 354 g/mol. The zero-order valence-electron chi connectivity index (χ0n) is 11.7. The van der Waals surface area contributed by atoms with Crippen LogP contribution in [0.1, 0.15) is 25.7 Å². The minimum atomic E-state index is 0.0637. The maximum absolute atomic E-state index is 6.21. The number of nitrogens with zero attached hydrogens (tertiary/aromatic N) is 3. The van der Waals surface area contributed by atoms with E-state index in [-0.39, 0.29) is 6.04 Å². The van der Waals surface area contributed by atoms with Crippen LogP contribution in [0.2, 0.25) is 0 Å². The number of hydrogen-bond donors (Lipinski definition) is 1. The van der Waals surface area contributed by atoms with E-state index in [0.29, 0.717) is 6.04 Å². The predicted molar refractivity (Wildman–Crippen MR) is 87.0 cm³/mol. The Hall–Kier alpha value is -0.850. The molecule has 0 amide bonds. The van der Waals surface area contributed by atoms with Crippen molar-refractivity contribution in [2.24, 2.45) is 5.73 Å². The molecule has 6 heteroatoms. The Morgan fingerprint density at radius 3 is 2.80 bits per heavy atom. The molecule has 1 atom stereocenters. The van der Waals surface area contributed by atoms with Gasteiger partial charge in [0.05, 0.1) is 0 Å². The zero-order chi connectivity index (χ0) is 14.5. The van der Waals surface area contributed by atoms with E-state index in [1.807, 2.05) is 22.9 Å². The summed E-state index contributed by atoms with van der Waals surface area (Å²) < 4.78 is 3.05. The summed E-state index contributed by atoms with van der Waals surface area (Å²) in [5, 5.41) is 4.24. The van der Waals surface area contributed by atoms with Crippen LogP contribution in [0.15, 0.2) is 40.0 Å². The Kier molecular flexibility index (Phi) is 5.63. The third kappa shape index (κ3) is 4.07. The highest BCUT2D eigenvalue weighted by Crippen LogP contribution is 2.27. The average Bonchev–Trinajstić information content (AvgIpc) is 2.86. The molecule has 108 valence electrons. The fraction of sp³-hybridized carbons (Fsp3) is 0.429. The minimum absolute atomic E-state index is 0.0637. The molecule has 1 heterocycles. The first-order valence-corrected chi connectivity index (χ1v) is 8.37. The van der Waals surface area contributed by atoms with Crippen LogP contribution in [-0.2, 0) is 6.42 Å². The Morgan fingerprint density at radius 2 is 2.10 bits per heavy atom. The molecular formula is C14H19BrN4S. The fourth-order valence-corrected chi connectivity index (χ4v) is 3.42. The van der Waals surface area contributed by atoms with Crippen molar-refractivity contribution in [3.8, 4) is 0 Å². The van der Waals surface area contributed by atoms with E-state index in [4.69, 9.17) is 5.73 Å². The van der Waals surface area contributed by atoms with E-state index in [0.717, 1.165) is 22.5 Å². The second-order valence-electron chi connectivity index (χ2n) is 4.92. The number of hydrogen-bond acceptors (Lipinski definition) is 4. The van der Waals surface area contributed by atoms with Crippen molar-refractivity contribution in [1.29, 1.82) is 0 Å². The van der Waals surface area contributed by atoms with Crippen LogP contribution in [0.25, 0.3) is 0 Å². The third-order valence-corrected chi connectivity index (χ3v) is 5.09. The van der Waals surface area contributed by atoms with Gasteiger partial charge < -0.3 is 5.73 Å². The Labute approximate surface area is 132 Å². The first kappa shape index (κ1) is 15.5.